The predicted octanol–water partition coefficient (Wildman–Crippen LogP) is 5.22. The average molecular weight is 397 g/mol. The normalized spacial score (nSPS) is 16.2. The number of nitrogens with zero attached hydrogens (tertiary/aromatic N) is 2. The number of alkyl halides is 3. The molecule has 148 valence electrons. The summed E-state index contributed by atoms with van der Waals surface area (Å²) < 4.78 is 39.2. The second-order valence-corrected chi connectivity index (χ2v) is 6.97. The van der Waals surface area contributed by atoms with Crippen molar-refractivity contribution in [2.24, 2.45) is 0 Å². The third-order valence-electron chi connectivity index (χ3n) is 5.00. The molecular weight excluding hydrogens is 379 g/mol. The molecule has 3 aromatic rings. The van der Waals surface area contributed by atoms with Crippen molar-refractivity contribution in [1.29, 1.82) is 0 Å². The largest absolute Gasteiger partial charge is 0.416 e. The summed E-state index contributed by atoms with van der Waals surface area (Å²) in [6.07, 6.45) is -0.565. The Bertz CT molecular complexity index is 1030. The first kappa shape index (κ1) is 19.1. The van der Waals surface area contributed by atoms with E-state index in [1.54, 1.807) is 36.5 Å². The second-order valence-electron chi connectivity index (χ2n) is 6.97. The number of aromatic nitrogens is 2. The van der Waals surface area contributed by atoms with E-state index in [0.717, 1.165) is 30.5 Å². The van der Waals surface area contributed by atoms with E-state index in [1.165, 1.54) is 6.07 Å². The molecule has 1 amide bonds. The van der Waals surface area contributed by atoms with Crippen LogP contribution in [0, 0.1) is 0 Å². The van der Waals surface area contributed by atoms with E-state index in [-0.39, 0.29) is 5.91 Å². The third kappa shape index (κ3) is 4.13. The quantitative estimate of drug-likeness (QED) is 0.659. The minimum atomic E-state index is -4.42. The summed E-state index contributed by atoms with van der Waals surface area (Å²) in [6, 6.07) is 13.9. The summed E-state index contributed by atoms with van der Waals surface area (Å²) in [4.78, 5) is 21.5. The molecule has 1 N–H and O–H groups in total. The van der Waals surface area contributed by atoms with Gasteiger partial charge in [-0.2, -0.15) is 13.2 Å². The number of aryl methyl sites for hydroxylation is 1. The van der Waals surface area contributed by atoms with Crippen LogP contribution >= 0.6 is 0 Å². The number of halogens is 3. The molecule has 1 atom stereocenters. The lowest BCUT2D eigenvalue weighted by atomic mass is 9.85. The van der Waals surface area contributed by atoms with E-state index in [1.807, 2.05) is 6.07 Å². The Morgan fingerprint density at radius 2 is 1.93 bits per heavy atom. The Labute approximate surface area is 165 Å². The zero-order valence-corrected chi connectivity index (χ0v) is 15.4. The second kappa shape index (κ2) is 7.66. The molecule has 0 saturated heterocycles. The van der Waals surface area contributed by atoms with Crippen LogP contribution in [0.5, 0.6) is 0 Å². The first-order valence-electron chi connectivity index (χ1n) is 9.31. The minimum absolute atomic E-state index is 0.210. The van der Waals surface area contributed by atoms with Crippen LogP contribution in [0.2, 0.25) is 0 Å². The van der Waals surface area contributed by atoms with Crippen molar-refractivity contribution >= 4 is 11.7 Å². The fourth-order valence-electron chi connectivity index (χ4n) is 3.57. The van der Waals surface area contributed by atoms with Gasteiger partial charge in [-0.05, 0) is 55.2 Å². The molecule has 4 rings (SSSR count). The molecule has 0 radical (unpaired) electrons. The number of nitrogens with one attached hydrogen (secondary N) is 1. The van der Waals surface area contributed by atoms with Crippen LogP contribution in [-0.4, -0.2) is 15.9 Å². The smallest absolute Gasteiger partial charge is 0.310 e. The van der Waals surface area contributed by atoms with Gasteiger partial charge >= 0.3 is 6.18 Å². The maximum Gasteiger partial charge on any atom is 0.416 e. The van der Waals surface area contributed by atoms with Gasteiger partial charge in [0.05, 0.1) is 22.9 Å². The van der Waals surface area contributed by atoms with E-state index >= 15 is 0 Å². The number of hydrogen-bond donors (Lipinski definition) is 1. The van der Waals surface area contributed by atoms with Gasteiger partial charge in [-0.1, -0.05) is 24.3 Å². The Morgan fingerprint density at radius 3 is 2.69 bits per heavy atom. The highest BCUT2D eigenvalue weighted by Gasteiger charge is 2.31. The number of benzene rings is 1. The molecular formula is C22H18F3N3O. The summed E-state index contributed by atoms with van der Waals surface area (Å²) in [5.41, 5.74) is 1.65. The Hall–Kier alpha value is -3.22. The van der Waals surface area contributed by atoms with Gasteiger partial charge < -0.3 is 5.32 Å². The molecule has 4 nitrogen and oxygen atoms in total. The van der Waals surface area contributed by atoms with Crippen molar-refractivity contribution in [3.63, 3.8) is 0 Å². The van der Waals surface area contributed by atoms with Gasteiger partial charge in [0.1, 0.15) is 5.82 Å². The van der Waals surface area contributed by atoms with Gasteiger partial charge in [-0.3, -0.25) is 9.78 Å². The van der Waals surface area contributed by atoms with Crippen molar-refractivity contribution in [2.75, 3.05) is 5.32 Å². The van der Waals surface area contributed by atoms with Gasteiger partial charge in [0.2, 0.25) is 5.91 Å². The van der Waals surface area contributed by atoms with Gasteiger partial charge in [0.15, 0.2) is 0 Å². The van der Waals surface area contributed by atoms with Crippen LogP contribution in [0.25, 0.3) is 11.3 Å². The van der Waals surface area contributed by atoms with E-state index in [4.69, 9.17) is 0 Å². The Kier molecular flexibility index (Phi) is 5.05. The molecule has 7 heteroatoms. The number of anilines is 1. The molecule has 0 saturated carbocycles. The summed E-state index contributed by atoms with van der Waals surface area (Å²) in [5.74, 6) is -0.219. The number of rotatable bonds is 3. The minimum Gasteiger partial charge on any atom is -0.310 e. The van der Waals surface area contributed by atoms with Crippen LogP contribution in [-0.2, 0) is 17.4 Å². The lowest BCUT2D eigenvalue weighted by Gasteiger charge is -2.24. The number of hydrogen-bond acceptors (Lipinski definition) is 3. The molecule has 0 fully saturated rings. The molecule has 0 aliphatic heterocycles. The van der Waals surface area contributed by atoms with E-state index in [2.05, 4.69) is 15.3 Å². The third-order valence-corrected chi connectivity index (χ3v) is 5.00. The Balaban J connectivity index is 1.66. The van der Waals surface area contributed by atoms with Crippen molar-refractivity contribution in [3.8, 4) is 11.3 Å². The monoisotopic (exact) mass is 397 g/mol. The maximum atomic E-state index is 13.1. The van der Waals surface area contributed by atoms with Gasteiger partial charge in [-0.25, -0.2) is 4.98 Å². The van der Waals surface area contributed by atoms with Crippen LogP contribution < -0.4 is 5.32 Å². The molecule has 29 heavy (non-hydrogen) atoms. The highest BCUT2D eigenvalue weighted by molar-refractivity contribution is 5.95. The summed E-state index contributed by atoms with van der Waals surface area (Å²) in [7, 11) is 0. The summed E-state index contributed by atoms with van der Waals surface area (Å²) in [6.45, 7) is 0. The van der Waals surface area contributed by atoms with Crippen LogP contribution in [0.4, 0.5) is 19.0 Å². The zero-order chi connectivity index (χ0) is 20.4. The molecule has 0 bridgehead atoms. The number of amides is 1. The first-order chi connectivity index (χ1) is 13.9. The van der Waals surface area contributed by atoms with Crippen molar-refractivity contribution in [3.05, 3.63) is 77.6 Å². The fourth-order valence-corrected chi connectivity index (χ4v) is 3.57. The average Bonchev–Trinajstić information content (AvgIpc) is 2.73. The molecule has 0 spiro atoms. The number of fused-ring (bicyclic) bond motifs is 1. The fraction of sp³-hybridized carbons (Fsp3) is 0.227. The molecule has 1 aromatic carbocycles. The lowest BCUT2D eigenvalue weighted by Crippen LogP contribution is -2.26. The van der Waals surface area contributed by atoms with Crippen molar-refractivity contribution in [2.45, 2.75) is 31.4 Å². The van der Waals surface area contributed by atoms with Gasteiger partial charge in [0, 0.05) is 11.8 Å². The molecule has 2 aromatic heterocycles. The van der Waals surface area contributed by atoms with Crippen LogP contribution in [0.15, 0.2) is 60.8 Å². The van der Waals surface area contributed by atoms with E-state index in [9.17, 15) is 18.0 Å². The predicted molar refractivity (Wildman–Crippen MR) is 103 cm³/mol. The SMILES string of the molecule is O=C(Nc1ccccn1)C1CCCc2ccc(-c3cccc(C(F)(F)F)c3)nc21. The molecule has 1 aliphatic carbocycles. The van der Waals surface area contributed by atoms with E-state index in [0.29, 0.717) is 29.2 Å². The zero-order valence-electron chi connectivity index (χ0n) is 15.4. The highest BCUT2D eigenvalue weighted by Crippen LogP contribution is 2.35. The molecule has 2 heterocycles. The summed E-state index contributed by atoms with van der Waals surface area (Å²) >= 11 is 0. The lowest BCUT2D eigenvalue weighted by molar-refractivity contribution is -0.137. The highest BCUT2D eigenvalue weighted by atomic mass is 19.4. The molecule has 1 aliphatic rings. The number of pyridine rings is 2. The number of carbonyl (C=O) groups excluding carboxylic acids is 1. The van der Waals surface area contributed by atoms with Gasteiger partial charge in [-0.15, -0.1) is 0 Å². The first-order valence-corrected chi connectivity index (χ1v) is 9.31. The Morgan fingerprint density at radius 1 is 1.07 bits per heavy atom. The van der Waals surface area contributed by atoms with Gasteiger partial charge in [0.25, 0.3) is 0 Å². The van der Waals surface area contributed by atoms with Crippen LogP contribution in [0.3, 0.4) is 0 Å². The van der Waals surface area contributed by atoms with Crippen molar-refractivity contribution in [1.82, 2.24) is 9.97 Å². The summed E-state index contributed by atoms with van der Waals surface area (Å²) in [5, 5.41) is 2.80. The number of carbonyl (C=O) groups is 1. The van der Waals surface area contributed by atoms with E-state index < -0.39 is 17.7 Å². The topological polar surface area (TPSA) is 54.9 Å². The van der Waals surface area contributed by atoms with Crippen molar-refractivity contribution < 1.29 is 18.0 Å². The maximum absolute atomic E-state index is 13.1. The van der Waals surface area contributed by atoms with Crippen LogP contribution in [0.1, 0.15) is 35.6 Å². The molecule has 1 unspecified atom stereocenters. The standard InChI is InChI=1S/C22H18F3N3O/c23-22(24,25)16-7-3-6-15(13-16)18-11-10-14-5-4-8-17(20(14)27-18)21(29)28-19-9-1-2-12-26-19/h1-3,6-7,9-13,17H,4-5,8H2,(H,26,28,29).